The van der Waals surface area contributed by atoms with Gasteiger partial charge < -0.3 is 10.2 Å². The number of fused-ring (bicyclic) bond motifs is 1. The number of nitrogens with one attached hydrogen (secondary N) is 2. The van der Waals surface area contributed by atoms with Crippen molar-refractivity contribution in [1.29, 1.82) is 0 Å². The lowest BCUT2D eigenvalue weighted by atomic mass is 10.1. The zero-order chi connectivity index (χ0) is 24.0. The molecule has 0 saturated heterocycles. The molecule has 1 atom stereocenters. The smallest absolute Gasteiger partial charge is 0.227 e. The molecule has 0 saturated carbocycles. The lowest BCUT2D eigenvalue weighted by Gasteiger charge is -2.25. The van der Waals surface area contributed by atoms with Crippen molar-refractivity contribution >= 4 is 29.4 Å². The van der Waals surface area contributed by atoms with Gasteiger partial charge in [0, 0.05) is 29.6 Å². The summed E-state index contributed by atoms with van der Waals surface area (Å²) in [6.07, 6.45) is 3.32. The first-order chi connectivity index (χ1) is 17.2. The SMILES string of the molecule is Cc1cccc(SNC2CCc3ccc(N(CC4=NCCN4)C(=O)CCc4ccccc4)cc32)c1. The van der Waals surface area contributed by atoms with Crippen molar-refractivity contribution in [3.05, 3.63) is 95.1 Å². The molecule has 0 bridgehead atoms. The maximum absolute atomic E-state index is 13.5. The molecule has 180 valence electrons. The van der Waals surface area contributed by atoms with Crippen LogP contribution >= 0.6 is 11.9 Å². The van der Waals surface area contributed by atoms with Crippen LogP contribution in [0.4, 0.5) is 5.69 Å². The van der Waals surface area contributed by atoms with Crippen LogP contribution in [0.1, 0.15) is 41.1 Å². The number of benzene rings is 3. The molecule has 2 N–H and O–H groups in total. The lowest BCUT2D eigenvalue weighted by molar-refractivity contribution is -0.118. The van der Waals surface area contributed by atoms with Gasteiger partial charge in [0.15, 0.2) is 0 Å². The minimum Gasteiger partial charge on any atom is -0.370 e. The molecule has 3 aromatic rings. The predicted octanol–water partition coefficient (Wildman–Crippen LogP) is 5.25. The largest absolute Gasteiger partial charge is 0.370 e. The third kappa shape index (κ3) is 5.95. The highest BCUT2D eigenvalue weighted by Gasteiger charge is 2.26. The molecule has 6 heteroatoms. The van der Waals surface area contributed by atoms with E-state index >= 15 is 0 Å². The summed E-state index contributed by atoms with van der Waals surface area (Å²) in [6.45, 7) is 4.22. The van der Waals surface area contributed by atoms with E-state index in [1.807, 2.05) is 23.1 Å². The second-order valence-electron chi connectivity index (χ2n) is 9.23. The summed E-state index contributed by atoms with van der Waals surface area (Å²) in [5.41, 5.74) is 6.06. The predicted molar refractivity (Wildman–Crippen MR) is 145 cm³/mol. The first-order valence-corrected chi connectivity index (χ1v) is 13.2. The Kier molecular flexibility index (Phi) is 7.50. The summed E-state index contributed by atoms with van der Waals surface area (Å²) in [4.78, 5) is 21.1. The van der Waals surface area contributed by atoms with Crippen molar-refractivity contribution in [2.45, 2.75) is 43.5 Å². The minimum absolute atomic E-state index is 0.127. The number of rotatable bonds is 9. The summed E-state index contributed by atoms with van der Waals surface area (Å²) in [6, 6.07) is 25.6. The molecule has 1 unspecified atom stereocenters. The highest BCUT2D eigenvalue weighted by Crippen LogP contribution is 2.36. The first-order valence-electron chi connectivity index (χ1n) is 12.4. The van der Waals surface area contributed by atoms with Gasteiger partial charge in [0.05, 0.1) is 13.1 Å². The maximum Gasteiger partial charge on any atom is 0.227 e. The van der Waals surface area contributed by atoms with Crippen LogP contribution < -0.4 is 14.9 Å². The molecule has 2 aliphatic rings. The van der Waals surface area contributed by atoms with Gasteiger partial charge in [-0.25, -0.2) is 0 Å². The third-order valence-corrected chi connectivity index (χ3v) is 7.54. The highest BCUT2D eigenvalue weighted by atomic mass is 32.2. The molecule has 0 radical (unpaired) electrons. The number of hydrogen-bond acceptors (Lipinski definition) is 5. The molecule has 3 aromatic carbocycles. The van der Waals surface area contributed by atoms with Crippen LogP contribution in [0.25, 0.3) is 0 Å². The number of amides is 1. The van der Waals surface area contributed by atoms with Crippen molar-refractivity contribution in [2.75, 3.05) is 24.5 Å². The number of amidine groups is 1. The molecule has 0 aromatic heterocycles. The molecule has 0 spiro atoms. The van der Waals surface area contributed by atoms with Gasteiger partial charge in [0.2, 0.25) is 5.91 Å². The van der Waals surface area contributed by atoms with Gasteiger partial charge in [-0.05, 0) is 84.7 Å². The Bertz CT molecular complexity index is 1210. The summed E-state index contributed by atoms with van der Waals surface area (Å²) < 4.78 is 3.67. The number of carbonyl (C=O) groups excluding carboxylic acids is 1. The summed E-state index contributed by atoms with van der Waals surface area (Å²) >= 11 is 1.69. The topological polar surface area (TPSA) is 56.7 Å². The third-order valence-electron chi connectivity index (χ3n) is 6.65. The van der Waals surface area contributed by atoms with Crippen molar-refractivity contribution in [3.63, 3.8) is 0 Å². The zero-order valence-corrected chi connectivity index (χ0v) is 21.0. The molecule has 0 fully saturated rings. The highest BCUT2D eigenvalue weighted by molar-refractivity contribution is 7.97. The summed E-state index contributed by atoms with van der Waals surface area (Å²) in [5, 5.41) is 3.33. The fraction of sp³-hybridized carbons (Fsp3) is 0.310. The van der Waals surface area contributed by atoms with Crippen LogP contribution in [0.3, 0.4) is 0 Å². The van der Waals surface area contributed by atoms with Crippen molar-refractivity contribution in [3.8, 4) is 0 Å². The number of aliphatic imine (C=N–C) groups is 1. The van der Waals surface area contributed by atoms with Crippen molar-refractivity contribution < 1.29 is 4.79 Å². The molecule has 1 heterocycles. The standard InChI is InChI=1S/C29H32N4OS/c1-21-6-5-9-25(18-21)35-32-27-14-12-23-11-13-24(19-26(23)27)33(20-28-30-16-17-31-28)29(34)15-10-22-7-3-2-4-8-22/h2-9,11,13,18-19,27,32H,10,12,14-17,20H2,1H3,(H,30,31). The van der Waals surface area contributed by atoms with E-state index in [1.165, 1.54) is 27.1 Å². The molecule has 5 nitrogen and oxygen atoms in total. The van der Waals surface area contributed by atoms with Gasteiger partial charge in [-0.2, -0.15) is 0 Å². The van der Waals surface area contributed by atoms with Gasteiger partial charge in [0.25, 0.3) is 0 Å². The average molecular weight is 485 g/mol. The van der Waals surface area contributed by atoms with E-state index in [0.717, 1.165) is 43.9 Å². The number of anilines is 1. The summed E-state index contributed by atoms with van der Waals surface area (Å²) in [5.74, 6) is 1.02. The Hall–Kier alpha value is -3.09. The molecule has 1 aliphatic carbocycles. The second kappa shape index (κ2) is 11.1. The number of nitrogens with zero attached hydrogens (tertiary/aromatic N) is 2. The monoisotopic (exact) mass is 484 g/mol. The molecule has 1 amide bonds. The van der Waals surface area contributed by atoms with Crippen LogP contribution in [-0.2, 0) is 17.6 Å². The van der Waals surface area contributed by atoms with Gasteiger partial charge >= 0.3 is 0 Å². The fourth-order valence-corrected chi connectivity index (χ4v) is 5.67. The quantitative estimate of drug-likeness (QED) is 0.408. The van der Waals surface area contributed by atoms with Gasteiger partial charge in [-0.3, -0.25) is 14.5 Å². The Labute approximate surface area is 212 Å². The van der Waals surface area contributed by atoms with E-state index in [0.29, 0.717) is 13.0 Å². The number of hydrogen-bond donors (Lipinski definition) is 2. The molecular weight excluding hydrogens is 452 g/mol. The average Bonchev–Trinajstić information content (AvgIpc) is 3.55. The van der Waals surface area contributed by atoms with Gasteiger partial charge in [-0.1, -0.05) is 48.5 Å². The lowest BCUT2D eigenvalue weighted by Crippen LogP contribution is -2.39. The second-order valence-corrected chi connectivity index (χ2v) is 10.1. The van der Waals surface area contributed by atoms with E-state index in [9.17, 15) is 4.79 Å². The Balaban J connectivity index is 1.33. The summed E-state index contributed by atoms with van der Waals surface area (Å²) in [7, 11) is 0. The van der Waals surface area contributed by atoms with E-state index < -0.39 is 0 Å². The van der Waals surface area contributed by atoms with Crippen LogP contribution in [0.5, 0.6) is 0 Å². The van der Waals surface area contributed by atoms with Crippen LogP contribution in [0, 0.1) is 6.92 Å². The Morgan fingerprint density at radius 2 is 2.00 bits per heavy atom. The minimum atomic E-state index is 0.127. The van der Waals surface area contributed by atoms with Crippen LogP contribution in [-0.4, -0.2) is 31.4 Å². The van der Waals surface area contributed by atoms with Gasteiger partial charge in [0.1, 0.15) is 5.84 Å². The number of aryl methyl sites for hydroxylation is 3. The molecule has 35 heavy (non-hydrogen) atoms. The Morgan fingerprint density at radius 3 is 2.80 bits per heavy atom. The Morgan fingerprint density at radius 1 is 1.11 bits per heavy atom. The van der Waals surface area contributed by atoms with Gasteiger partial charge in [-0.15, -0.1) is 0 Å². The van der Waals surface area contributed by atoms with E-state index in [1.54, 1.807) is 11.9 Å². The molecular formula is C29H32N4OS. The molecule has 1 aliphatic heterocycles. The maximum atomic E-state index is 13.5. The number of carbonyl (C=O) groups is 1. The van der Waals surface area contributed by atoms with E-state index in [4.69, 9.17) is 0 Å². The normalized spacial score (nSPS) is 16.5. The van der Waals surface area contributed by atoms with E-state index in [2.05, 4.69) is 76.6 Å². The molecule has 5 rings (SSSR count). The zero-order valence-electron chi connectivity index (χ0n) is 20.2. The van der Waals surface area contributed by atoms with Crippen molar-refractivity contribution in [2.24, 2.45) is 4.99 Å². The van der Waals surface area contributed by atoms with Crippen LogP contribution in [0.2, 0.25) is 0 Å². The first kappa shape index (κ1) is 23.6. The van der Waals surface area contributed by atoms with Crippen LogP contribution in [0.15, 0.2) is 82.7 Å². The fourth-order valence-electron chi connectivity index (χ4n) is 4.76. The van der Waals surface area contributed by atoms with E-state index in [-0.39, 0.29) is 11.9 Å². The van der Waals surface area contributed by atoms with Crippen molar-refractivity contribution in [1.82, 2.24) is 10.0 Å².